The van der Waals surface area contributed by atoms with Gasteiger partial charge in [0.1, 0.15) is 5.76 Å². The Kier molecular flexibility index (Phi) is 4.55. The van der Waals surface area contributed by atoms with Gasteiger partial charge in [-0.25, -0.2) is 8.42 Å². The van der Waals surface area contributed by atoms with E-state index in [2.05, 4.69) is 10.2 Å². The predicted molar refractivity (Wildman–Crippen MR) is 70.1 cm³/mol. The van der Waals surface area contributed by atoms with Crippen molar-refractivity contribution in [2.75, 3.05) is 6.26 Å². The van der Waals surface area contributed by atoms with Crippen LogP contribution in [0.25, 0.3) is 0 Å². The van der Waals surface area contributed by atoms with Gasteiger partial charge in [0.25, 0.3) is 0 Å². The third-order valence-electron chi connectivity index (χ3n) is 2.21. The number of ketones is 1. The van der Waals surface area contributed by atoms with Crippen LogP contribution in [0.15, 0.2) is 50.8 Å². The van der Waals surface area contributed by atoms with Gasteiger partial charge in [0.2, 0.25) is 0 Å². The van der Waals surface area contributed by atoms with Crippen LogP contribution in [0.3, 0.4) is 0 Å². The third kappa shape index (κ3) is 4.29. The predicted octanol–water partition coefficient (Wildman–Crippen LogP) is 2.55. The molecule has 1 rings (SSSR count). The summed E-state index contributed by atoms with van der Waals surface area (Å²) in [6, 6.07) is 5.72. The first kappa shape index (κ1) is 15.0. The Labute approximate surface area is 111 Å². The summed E-state index contributed by atoms with van der Waals surface area (Å²) in [4.78, 5) is 11.3. The molecule has 0 spiro atoms. The second-order valence-corrected chi connectivity index (χ2v) is 5.97. The molecular formula is C12H14N2O4S. The Bertz CT molecular complexity index is 639. The van der Waals surface area contributed by atoms with E-state index in [0.29, 0.717) is 5.69 Å². The molecule has 0 atom stereocenters. The smallest absolute Gasteiger partial charge is 0.183 e. The Morgan fingerprint density at radius 2 is 1.68 bits per heavy atom. The lowest BCUT2D eigenvalue weighted by atomic mass is 10.3. The van der Waals surface area contributed by atoms with E-state index in [4.69, 9.17) is 0 Å². The molecule has 0 aliphatic rings. The van der Waals surface area contributed by atoms with Crippen LogP contribution < -0.4 is 0 Å². The van der Waals surface area contributed by atoms with Gasteiger partial charge in [-0.1, -0.05) is 0 Å². The fourth-order valence-electron chi connectivity index (χ4n) is 1.27. The minimum absolute atomic E-state index is 0.132. The maximum Gasteiger partial charge on any atom is 0.183 e. The zero-order valence-corrected chi connectivity index (χ0v) is 11.6. The van der Waals surface area contributed by atoms with Gasteiger partial charge in [-0.3, -0.25) is 4.79 Å². The Morgan fingerprint density at radius 1 is 1.16 bits per heavy atom. The lowest BCUT2D eigenvalue weighted by molar-refractivity contribution is -0.113. The zero-order chi connectivity index (χ0) is 14.6. The molecule has 1 N–H and O–H groups in total. The van der Waals surface area contributed by atoms with Gasteiger partial charge in [0.15, 0.2) is 21.3 Å². The van der Waals surface area contributed by atoms with Crippen LogP contribution in [-0.4, -0.2) is 25.6 Å². The second-order valence-electron chi connectivity index (χ2n) is 3.96. The molecule has 102 valence electrons. The quantitative estimate of drug-likeness (QED) is 0.521. The summed E-state index contributed by atoms with van der Waals surface area (Å²) in [6.45, 7) is 2.60. The standard InChI is InChI=1S/C12H14N2O4S/c1-8(15)12(9(2)16)14-13-10-4-6-11(7-5-10)19(3,17)18/h4-7,15H,1-3H3. The number of carbonyl (C=O) groups is 1. The summed E-state index contributed by atoms with van der Waals surface area (Å²) in [7, 11) is -3.25. The second kappa shape index (κ2) is 5.75. The number of nitrogens with zero attached hydrogens (tertiary/aromatic N) is 2. The van der Waals surface area contributed by atoms with Gasteiger partial charge in [0.05, 0.1) is 10.6 Å². The van der Waals surface area contributed by atoms with Crippen LogP contribution in [0.1, 0.15) is 13.8 Å². The number of hydrogen-bond acceptors (Lipinski definition) is 6. The fraction of sp³-hybridized carbons (Fsp3) is 0.250. The summed E-state index contributed by atoms with van der Waals surface area (Å²) in [6.07, 6.45) is 1.11. The number of azo groups is 1. The van der Waals surface area contributed by atoms with Crippen LogP contribution >= 0.6 is 0 Å². The summed E-state index contributed by atoms with van der Waals surface area (Å²) in [5.74, 6) is -0.625. The average molecular weight is 282 g/mol. The first-order valence-corrected chi connectivity index (χ1v) is 7.23. The van der Waals surface area contributed by atoms with Gasteiger partial charge in [0, 0.05) is 13.2 Å². The highest BCUT2D eigenvalue weighted by Gasteiger charge is 2.08. The molecule has 1 aromatic rings. The van der Waals surface area contributed by atoms with E-state index in [1.165, 1.54) is 38.1 Å². The fourth-order valence-corrected chi connectivity index (χ4v) is 1.90. The van der Waals surface area contributed by atoms with Gasteiger partial charge in [-0.05, 0) is 31.2 Å². The molecule has 0 aliphatic carbocycles. The molecule has 6 nitrogen and oxygen atoms in total. The normalized spacial score (nSPS) is 13.4. The minimum atomic E-state index is -3.25. The number of rotatable bonds is 4. The maximum atomic E-state index is 11.2. The summed E-state index contributed by atoms with van der Waals surface area (Å²) in [5, 5.41) is 16.6. The molecule has 0 fully saturated rings. The molecule has 0 unspecified atom stereocenters. The highest BCUT2D eigenvalue weighted by atomic mass is 32.2. The molecule has 1 aromatic carbocycles. The maximum absolute atomic E-state index is 11.2. The van der Waals surface area contributed by atoms with Crippen LogP contribution in [0.4, 0.5) is 5.69 Å². The Morgan fingerprint density at radius 3 is 2.05 bits per heavy atom. The average Bonchev–Trinajstić information content (AvgIpc) is 2.27. The van der Waals surface area contributed by atoms with Gasteiger partial charge < -0.3 is 5.11 Å². The minimum Gasteiger partial charge on any atom is -0.510 e. The molecule has 0 aromatic heterocycles. The van der Waals surface area contributed by atoms with Crippen molar-refractivity contribution in [3.8, 4) is 0 Å². The summed E-state index contributed by atoms with van der Waals surface area (Å²) >= 11 is 0. The van der Waals surface area contributed by atoms with E-state index >= 15 is 0 Å². The Hall–Kier alpha value is -2.02. The lowest BCUT2D eigenvalue weighted by Gasteiger charge is -1.99. The molecule has 0 radical (unpaired) electrons. The number of sulfone groups is 1. The molecule has 0 amide bonds. The number of aliphatic hydroxyl groups is 1. The molecule has 0 aliphatic heterocycles. The molecule has 0 heterocycles. The van der Waals surface area contributed by atoms with Crippen LogP contribution in [0.5, 0.6) is 0 Å². The van der Waals surface area contributed by atoms with Gasteiger partial charge >= 0.3 is 0 Å². The number of benzene rings is 1. The lowest BCUT2D eigenvalue weighted by Crippen LogP contribution is -1.96. The summed E-state index contributed by atoms with van der Waals surface area (Å²) < 4.78 is 22.5. The summed E-state index contributed by atoms with van der Waals surface area (Å²) in [5.41, 5.74) is 0.250. The van der Waals surface area contributed by atoms with Crippen LogP contribution in [0, 0.1) is 0 Å². The van der Waals surface area contributed by atoms with E-state index in [1.54, 1.807) is 0 Å². The van der Waals surface area contributed by atoms with Crippen molar-refractivity contribution < 1.29 is 18.3 Å². The number of hydrogen-bond donors (Lipinski definition) is 1. The van der Waals surface area contributed by atoms with E-state index < -0.39 is 15.6 Å². The van der Waals surface area contributed by atoms with Crippen molar-refractivity contribution in [2.24, 2.45) is 10.2 Å². The molecular weight excluding hydrogens is 268 g/mol. The highest BCUT2D eigenvalue weighted by molar-refractivity contribution is 7.90. The van der Waals surface area contributed by atoms with Crippen molar-refractivity contribution in [2.45, 2.75) is 18.7 Å². The van der Waals surface area contributed by atoms with E-state index in [9.17, 15) is 18.3 Å². The van der Waals surface area contributed by atoms with E-state index in [0.717, 1.165) is 6.26 Å². The SMILES string of the molecule is CC(=O)C(N=Nc1ccc(S(C)(=O)=O)cc1)=C(C)O. The van der Waals surface area contributed by atoms with Crippen LogP contribution in [-0.2, 0) is 14.6 Å². The zero-order valence-electron chi connectivity index (χ0n) is 10.8. The van der Waals surface area contributed by atoms with Gasteiger partial charge in [-0.15, -0.1) is 5.11 Å². The first-order valence-electron chi connectivity index (χ1n) is 5.34. The van der Waals surface area contributed by atoms with E-state index in [1.807, 2.05) is 0 Å². The largest absolute Gasteiger partial charge is 0.510 e. The molecule has 0 saturated heterocycles. The van der Waals surface area contributed by atoms with Crippen molar-refractivity contribution in [1.29, 1.82) is 0 Å². The molecule has 19 heavy (non-hydrogen) atoms. The third-order valence-corrected chi connectivity index (χ3v) is 3.33. The van der Waals surface area contributed by atoms with Crippen molar-refractivity contribution in [1.82, 2.24) is 0 Å². The highest BCUT2D eigenvalue weighted by Crippen LogP contribution is 2.18. The molecule has 7 heteroatoms. The van der Waals surface area contributed by atoms with Crippen LogP contribution in [0.2, 0.25) is 0 Å². The van der Waals surface area contributed by atoms with E-state index in [-0.39, 0.29) is 16.4 Å². The monoisotopic (exact) mass is 282 g/mol. The number of allylic oxidation sites excluding steroid dienone is 2. The van der Waals surface area contributed by atoms with Gasteiger partial charge in [-0.2, -0.15) is 5.11 Å². The van der Waals surface area contributed by atoms with Crippen molar-refractivity contribution in [3.05, 3.63) is 35.7 Å². The number of aliphatic hydroxyl groups excluding tert-OH is 1. The number of Topliss-reactive ketones (excluding diaryl/α,β-unsaturated/α-hetero) is 1. The topological polar surface area (TPSA) is 96.2 Å². The Balaban J connectivity index is 3.02. The first-order chi connectivity index (χ1) is 8.71. The van der Waals surface area contributed by atoms with Crippen molar-refractivity contribution >= 4 is 21.3 Å². The van der Waals surface area contributed by atoms with Crippen molar-refractivity contribution in [3.63, 3.8) is 0 Å². The number of carbonyl (C=O) groups excluding carboxylic acids is 1. The molecule has 0 bridgehead atoms. The molecule has 0 saturated carbocycles.